The number of rotatable bonds is 10. The van der Waals surface area contributed by atoms with Gasteiger partial charge in [-0.15, -0.1) is 0 Å². The van der Waals surface area contributed by atoms with E-state index in [1.807, 2.05) is 0 Å². The lowest BCUT2D eigenvalue weighted by atomic mass is 10.2. The van der Waals surface area contributed by atoms with Crippen LogP contribution in [0.4, 0.5) is 0 Å². The summed E-state index contributed by atoms with van der Waals surface area (Å²) in [4.78, 5) is 0. The first-order chi connectivity index (χ1) is 6.41. The zero-order chi connectivity index (χ0) is 9.78. The van der Waals surface area contributed by atoms with Gasteiger partial charge in [0.25, 0.3) is 0 Å². The molecule has 0 aromatic carbocycles. The summed E-state index contributed by atoms with van der Waals surface area (Å²) in [5, 5.41) is 16.7. The van der Waals surface area contributed by atoms with Crippen LogP contribution in [0.25, 0.3) is 0 Å². The van der Waals surface area contributed by atoms with Crippen molar-refractivity contribution in [1.82, 2.24) is 21.7 Å². The minimum absolute atomic E-state index is 0.0397. The van der Waals surface area contributed by atoms with Crippen molar-refractivity contribution in [3.8, 4) is 0 Å². The molecule has 0 aromatic rings. The third-order valence-electron chi connectivity index (χ3n) is 1.51. The fourth-order valence-corrected chi connectivity index (χ4v) is 0.892. The molecule has 0 radical (unpaired) electrons. The fourth-order valence-electron chi connectivity index (χ4n) is 0.892. The second-order valence-electron chi connectivity index (χ2n) is 2.58. The quantitative estimate of drug-likeness (QED) is 0.140. The molecule has 0 spiro atoms. The van der Waals surface area contributed by atoms with Gasteiger partial charge in [-0.05, 0) is 12.8 Å². The number of unbranched alkanes of at least 4 members (excludes halogenated alkanes) is 2. The molecule has 6 heteroatoms. The van der Waals surface area contributed by atoms with Crippen LogP contribution in [0.3, 0.4) is 0 Å². The molecule has 6 N–H and O–H groups in total. The molecule has 0 aliphatic carbocycles. The monoisotopic (exact) mass is 192 g/mol. The topological polar surface area (TPSA) is 88.6 Å². The Labute approximate surface area is 78.7 Å². The first-order valence-corrected chi connectivity index (χ1v) is 4.55. The van der Waals surface area contributed by atoms with Crippen LogP contribution in [0.1, 0.15) is 19.3 Å². The molecule has 0 bridgehead atoms. The minimum atomic E-state index is -0.0397. The molecule has 0 saturated heterocycles. The van der Waals surface area contributed by atoms with E-state index in [0.717, 1.165) is 32.4 Å². The number of hydrogen-bond acceptors (Lipinski definition) is 6. The Hall–Kier alpha value is -0.240. The predicted molar refractivity (Wildman–Crippen MR) is 50.3 cm³/mol. The summed E-state index contributed by atoms with van der Waals surface area (Å²) < 4.78 is 0. The highest BCUT2D eigenvalue weighted by Crippen LogP contribution is 1.90. The number of aliphatic hydroxyl groups is 2. The summed E-state index contributed by atoms with van der Waals surface area (Å²) in [6.07, 6.45) is 3.24. The van der Waals surface area contributed by atoms with Crippen LogP contribution in [-0.4, -0.2) is 36.8 Å². The Bertz CT molecular complexity index is 84.6. The van der Waals surface area contributed by atoms with E-state index in [1.165, 1.54) is 0 Å². The maximum Gasteiger partial charge on any atom is 0.105 e. The first kappa shape index (κ1) is 12.8. The predicted octanol–water partition coefficient (Wildman–Crippen LogP) is -1.76. The Morgan fingerprint density at radius 2 is 1.08 bits per heavy atom. The Balaban J connectivity index is 2.76. The van der Waals surface area contributed by atoms with Gasteiger partial charge in [-0.3, -0.25) is 10.9 Å². The van der Waals surface area contributed by atoms with E-state index in [-0.39, 0.29) is 13.5 Å². The third-order valence-corrected chi connectivity index (χ3v) is 1.51. The van der Waals surface area contributed by atoms with Gasteiger partial charge < -0.3 is 10.2 Å². The molecule has 6 nitrogen and oxygen atoms in total. The van der Waals surface area contributed by atoms with Crippen LogP contribution < -0.4 is 21.7 Å². The molecule has 13 heavy (non-hydrogen) atoms. The molecule has 0 aromatic heterocycles. The maximum absolute atomic E-state index is 8.35. The molecule has 0 atom stereocenters. The van der Waals surface area contributed by atoms with Crippen molar-refractivity contribution in [2.75, 3.05) is 26.6 Å². The summed E-state index contributed by atoms with van der Waals surface area (Å²) in [7, 11) is 0. The summed E-state index contributed by atoms with van der Waals surface area (Å²) >= 11 is 0. The van der Waals surface area contributed by atoms with Gasteiger partial charge >= 0.3 is 0 Å². The number of aliphatic hydroxyl groups excluding tert-OH is 2. The largest absolute Gasteiger partial charge is 0.380 e. The molecule has 0 heterocycles. The van der Waals surface area contributed by atoms with Gasteiger partial charge in [-0.2, -0.15) is 0 Å². The van der Waals surface area contributed by atoms with Crippen molar-refractivity contribution < 1.29 is 10.2 Å². The molecular formula is C7H20N4O2. The van der Waals surface area contributed by atoms with Crippen LogP contribution in [0.15, 0.2) is 0 Å². The van der Waals surface area contributed by atoms with Crippen molar-refractivity contribution in [2.45, 2.75) is 19.3 Å². The van der Waals surface area contributed by atoms with Crippen LogP contribution in [-0.2, 0) is 0 Å². The van der Waals surface area contributed by atoms with E-state index < -0.39 is 0 Å². The van der Waals surface area contributed by atoms with Gasteiger partial charge in [-0.1, -0.05) is 6.42 Å². The van der Waals surface area contributed by atoms with Crippen molar-refractivity contribution in [3.05, 3.63) is 0 Å². The zero-order valence-electron chi connectivity index (χ0n) is 7.84. The lowest BCUT2D eigenvalue weighted by Gasteiger charge is -2.05. The Kier molecular flexibility index (Phi) is 11.5. The van der Waals surface area contributed by atoms with Crippen LogP contribution in [0, 0.1) is 0 Å². The number of hydrogen-bond donors (Lipinski definition) is 6. The lowest BCUT2D eigenvalue weighted by molar-refractivity contribution is 0.235. The summed E-state index contributed by atoms with van der Waals surface area (Å²) in [6.45, 7) is 1.63. The second kappa shape index (κ2) is 11.8. The van der Waals surface area contributed by atoms with E-state index in [4.69, 9.17) is 10.2 Å². The van der Waals surface area contributed by atoms with Crippen molar-refractivity contribution in [3.63, 3.8) is 0 Å². The molecule has 0 saturated carbocycles. The van der Waals surface area contributed by atoms with Crippen LogP contribution >= 0.6 is 0 Å². The first-order valence-electron chi connectivity index (χ1n) is 4.55. The summed E-state index contributed by atoms with van der Waals surface area (Å²) in [5.41, 5.74) is 10.9. The van der Waals surface area contributed by atoms with E-state index in [0.29, 0.717) is 0 Å². The molecule has 0 rings (SSSR count). The number of nitrogens with one attached hydrogen (secondary N) is 4. The molecule has 0 unspecified atom stereocenters. The molecule has 0 aliphatic heterocycles. The normalized spacial score (nSPS) is 10.6. The lowest BCUT2D eigenvalue weighted by Crippen LogP contribution is -2.34. The van der Waals surface area contributed by atoms with Crippen molar-refractivity contribution in [2.24, 2.45) is 0 Å². The van der Waals surface area contributed by atoms with E-state index in [9.17, 15) is 0 Å². The molecule has 80 valence electrons. The molecule has 0 fully saturated rings. The molecule has 0 amide bonds. The second-order valence-corrected chi connectivity index (χ2v) is 2.58. The highest BCUT2D eigenvalue weighted by Gasteiger charge is 1.88. The summed E-state index contributed by atoms with van der Waals surface area (Å²) in [6, 6.07) is 0. The maximum atomic E-state index is 8.35. The SMILES string of the molecule is OCNNCCCCCNNCO. The zero-order valence-corrected chi connectivity index (χ0v) is 7.84. The third kappa shape index (κ3) is 11.8. The Morgan fingerprint density at radius 1 is 0.615 bits per heavy atom. The standard InChI is InChI=1S/C7H20N4O2/c12-6-10-8-4-2-1-3-5-9-11-7-13/h8-13H,1-7H2. The average Bonchev–Trinajstić information content (AvgIpc) is 2.16. The van der Waals surface area contributed by atoms with E-state index >= 15 is 0 Å². The van der Waals surface area contributed by atoms with Crippen LogP contribution in [0.2, 0.25) is 0 Å². The van der Waals surface area contributed by atoms with Gasteiger partial charge in [0, 0.05) is 13.1 Å². The van der Waals surface area contributed by atoms with Gasteiger partial charge in [-0.25, -0.2) is 10.9 Å². The highest BCUT2D eigenvalue weighted by atomic mass is 16.3. The number of hydrazine groups is 2. The highest BCUT2D eigenvalue weighted by molar-refractivity contribution is 4.46. The minimum Gasteiger partial charge on any atom is -0.380 e. The van der Waals surface area contributed by atoms with Crippen molar-refractivity contribution in [1.29, 1.82) is 0 Å². The Morgan fingerprint density at radius 3 is 1.46 bits per heavy atom. The summed E-state index contributed by atoms with van der Waals surface area (Å²) in [5.74, 6) is 0. The fraction of sp³-hybridized carbons (Fsp3) is 1.00. The average molecular weight is 192 g/mol. The van der Waals surface area contributed by atoms with Crippen LogP contribution in [0.5, 0.6) is 0 Å². The molecular weight excluding hydrogens is 172 g/mol. The van der Waals surface area contributed by atoms with E-state index in [1.54, 1.807) is 0 Å². The van der Waals surface area contributed by atoms with Gasteiger partial charge in [0.2, 0.25) is 0 Å². The van der Waals surface area contributed by atoms with E-state index in [2.05, 4.69) is 21.7 Å². The van der Waals surface area contributed by atoms with Crippen molar-refractivity contribution >= 4 is 0 Å². The smallest absolute Gasteiger partial charge is 0.105 e. The van der Waals surface area contributed by atoms with Gasteiger partial charge in [0.1, 0.15) is 13.5 Å². The van der Waals surface area contributed by atoms with Gasteiger partial charge in [0.15, 0.2) is 0 Å². The molecule has 0 aliphatic rings. The van der Waals surface area contributed by atoms with Gasteiger partial charge in [0.05, 0.1) is 0 Å².